The average molecular weight is 395 g/mol. The fourth-order valence-corrected chi connectivity index (χ4v) is 2.67. The number of hydrogen-bond donors (Lipinski definition) is 1. The van der Waals surface area contributed by atoms with Gasteiger partial charge in [-0.15, -0.1) is 0 Å². The summed E-state index contributed by atoms with van der Waals surface area (Å²) in [4.78, 5) is 22.7. The fraction of sp³-hybridized carbons (Fsp3) is 0.133. The van der Waals surface area contributed by atoms with Crippen molar-refractivity contribution in [1.29, 1.82) is 0 Å². The van der Waals surface area contributed by atoms with Crippen LogP contribution in [0.5, 0.6) is 0 Å². The van der Waals surface area contributed by atoms with E-state index in [1.807, 2.05) is 6.07 Å². The number of anilines is 1. The van der Waals surface area contributed by atoms with E-state index < -0.39 is 10.8 Å². The minimum Gasteiger partial charge on any atom is -0.318 e. The highest BCUT2D eigenvalue weighted by Crippen LogP contribution is 2.23. The third-order valence-electron chi connectivity index (χ3n) is 3.55. The van der Waals surface area contributed by atoms with E-state index in [1.165, 1.54) is 13.2 Å². The Labute approximate surface area is 157 Å². The predicted molar refractivity (Wildman–Crippen MR) is 95.6 cm³/mol. The zero-order chi connectivity index (χ0) is 18.8. The minimum absolute atomic E-state index is 0.146. The van der Waals surface area contributed by atoms with Crippen molar-refractivity contribution in [2.24, 2.45) is 7.05 Å². The molecule has 9 nitrogen and oxygen atoms in total. The van der Waals surface area contributed by atoms with Gasteiger partial charge in [-0.25, -0.2) is 0 Å². The molecular formula is C15H12Cl2N6O3. The molecule has 134 valence electrons. The molecule has 0 spiro atoms. The Hall–Kier alpha value is -2.91. The maximum absolute atomic E-state index is 12.3. The molecule has 3 rings (SSSR count). The zero-order valence-corrected chi connectivity index (χ0v) is 14.9. The van der Waals surface area contributed by atoms with E-state index in [0.717, 1.165) is 16.4 Å². The number of benzene rings is 1. The van der Waals surface area contributed by atoms with Gasteiger partial charge in [0.25, 0.3) is 5.91 Å². The summed E-state index contributed by atoms with van der Waals surface area (Å²) in [7, 11) is 1.45. The van der Waals surface area contributed by atoms with Crippen molar-refractivity contribution in [3.8, 4) is 0 Å². The first-order valence-electron chi connectivity index (χ1n) is 7.29. The van der Waals surface area contributed by atoms with E-state index >= 15 is 0 Å². The molecule has 0 saturated heterocycles. The van der Waals surface area contributed by atoms with Gasteiger partial charge < -0.3 is 5.32 Å². The first-order chi connectivity index (χ1) is 12.3. The van der Waals surface area contributed by atoms with Crippen LogP contribution < -0.4 is 5.32 Å². The van der Waals surface area contributed by atoms with Crippen LogP contribution in [0.1, 0.15) is 16.1 Å². The van der Waals surface area contributed by atoms with Crippen LogP contribution >= 0.6 is 23.2 Å². The second-order valence-corrected chi connectivity index (χ2v) is 6.20. The first-order valence-corrected chi connectivity index (χ1v) is 8.05. The van der Waals surface area contributed by atoms with Crippen molar-refractivity contribution >= 4 is 40.5 Å². The van der Waals surface area contributed by atoms with Crippen LogP contribution in [0.3, 0.4) is 0 Å². The normalized spacial score (nSPS) is 10.7. The number of aromatic nitrogens is 4. The molecule has 1 aromatic carbocycles. The van der Waals surface area contributed by atoms with Gasteiger partial charge in [0.2, 0.25) is 5.69 Å². The third-order valence-corrected chi connectivity index (χ3v) is 4.29. The predicted octanol–water partition coefficient (Wildman–Crippen LogP) is 3.13. The number of hydrogen-bond acceptors (Lipinski definition) is 5. The Morgan fingerprint density at radius 1 is 1.27 bits per heavy atom. The lowest BCUT2D eigenvalue weighted by Crippen LogP contribution is -2.17. The van der Waals surface area contributed by atoms with Gasteiger partial charge in [-0.05, 0) is 17.7 Å². The first kappa shape index (κ1) is 17.9. The van der Waals surface area contributed by atoms with Gasteiger partial charge in [0, 0.05) is 13.2 Å². The number of carbonyl (C=O) groups excluding carboxylic acids is 1. The number of nitrogens with zero attached hydrogens (tertiary/aromatic N) is 5. The van der Waals surface area contributed by atoms with E-state index in [9.17, 15) is 14.9 Å². The summed E-state index contributed by atoms with van der Waals surface area (Å²) in [6.07, 6.45) is 4.07. The number of rotatable bonds is 5. The molecule has 11 heteroatoms. The van der Waals surface area contributed by atoms with Gasteiger partial charge >= 0.3 is 5.69 Å². The van der Waals surface area contributed by atoms with Crippen molar-refractivity contribution in [1.82, 2.24) is 19.6 Å². The molecule has 1 N–H and O–H groups in total. The van der Waals surface area contributed by atoms with E-state index in [2.05, 4.69) is 15.5 Å². The summed E-state index contributed by atoms with van der Waals surface area (Å²) in [5.41, 5.74) is 0.758. The highest BCUT2D eigenvalue weighted by Gasteiger charge is 2.25. The third kappa shape index (κ3) is 3.68. The molecular weight excluding hydrogens is 383 g/mol. The number of amides is 1. The van der Waals surface area contributed by atoms with Crippen LogP contribution in [0.2, 0.25) is 10.0 Å². The summed E-state index contributed by atoms with van der Waals surface area (Å²) in [5.74, 6) is -0.647. The summed E-state index contributed by atoms with van der Waals surface area (Å²) in [6.45, 7) is 0.415. The van der Waals surface area contributed by atoms with Crippen LogP contribution in [-0.4, -0.2) is 30.4 Å². The summed E-state index contributed by atoms with van der Waals surface area (Å²) >= 11 is 11.9. The largest absolute Gasteiger partial charge is 0.320 e. The molecule has 0 unspecified atom stereocenters. The van der Waals surface area contributed by atoms with Crippen LogP contribution in [0.15, 0.2) is 36.8 Å². The summed E-state index contributed by atoms with van der Waals surface area (Å²) in [5, 5.41) is 22.4. The number of carbonyl (C=O) groups is 1. The summed E-state index contributed by atoms with van der Waals surface area (Å²) < 4.78 is 2.74. The van der Waals surface area contributed by atoms with E-state index in [0.29, 0.717) is 22.3 Å². The topological polar surface area (TPSA) is 108 Å². The molecule has 0 radical (unpaired) electrons. The van der Waals surface area contributed by atoms with Gasteiger partial charge in [0.1, 0.15) is 6.20 Å². The highest BCUT2D eigenvalue weighted by molar-refractivity contribution is 6.42. The lowest BCUT2D eigenvalue weighted by Gasteiger charge is -2.04. The van der Waals surface area contributed by atoms with Gasteiger partial charge in [0.05, 0.1) is 33.4 Å². The fourth-order valence-electron chi connectivity index (χ4n) is 2.35. The van der Waals surface area contributed by atoms with Gasteiger partial charge in [-0.3, -0.25) is 24.3 Å². The van der Waals surface area contributed by atoms with Crippen molar-refractivity contribution in [2.75, 3.05) is 5.32 Å². The molecule has 2 heterocycles. The SMILES string of the molecule is Cn1ncc([N+](=O)[O-])c1C(=O)Nc1cnn(Cc2ccc(Cl)c(Cl)c2)c1. The lowest BCUT2D eigenvalue weighted by atomic mass is 10.2. The quantitative estimate of drug-likeness (QED) is 0.528. The molecule has 2 aromatic heterocycles. The van der Waals surface area contributed by atoms with Crippen LogP contribution in [0.4, 0.5) is 11.4 Å². The van der Waals surface area contributed by atoms with Crippen LogP contribution in [0.25, 0.3) is 0 Å². The molecule has 3 aromatic rings. The molecule has 0 aliphatic carbocycles. The molecule has 1 amide bonds. The number of halogens is 2. The molecule has 0 atom stereocenters. The Bertz CT molecular complexity index is 997. The van der Waals surface area contributed by atoms with Crippen molar-refractivity contribution < 1.29 is 9.72 Å². The Morgan fingerprint density at radius 3 is 2.73 bits per heavy atom. The number of nitro groups is 1. The van der Waals surface area contributed by atoms with E-state index in [1.54, 1.807) is 23.0 Å². The molecule has 0 saturated carbocycles. The van der Waals surface area contributed by atoms with Crippen LogP contribution in [-0.2, 0) is 13.6 Å². The molecule has 0 bridgehead atoms. The number of nitrogens with one attached hydrogen (secondary N) is 1. The Kier molecular flexibility index (Phi) is 4.92. The monoisotopic (exact) mass is 394 g/mol. The van der Waals surface area contributed by atoms with Gasteiger partial charge in [0.15, 0.2) is 0 Å². The van der Waals surface area contributed by atoms with Gasteiger partial charge in [-0.1, -0.05) is 29.3 Å². The highest BCUT2D eigenvalue weighted by atomic mass is 35.5. The lowest BCUT2D eigenvalue weighted by molar-refractivity contribution is -0.385. The van der Waals surface area contributed by atoms with E-state index in [-0.39, 0.29) is 11.4 Å². The Morgan fingerprint density at radius 2 is 2.04 bits per heavy atom. The second-order valence-electron chi connectivity index (χ2n) is 5.39. The average Bonchev–Trinajstić information content (AvgIpc) is 3.17. The van der Waals surface area contributed by atoms with Gasteiger partial charge in [-0.2, -0.15) is 10.2 Å². The molecule has 0 aliphatic rings. The van der Waals surface area contributed by atoms with Crippen molar-refractivity contribution in [2.45, 2.75) is 6.54 Å². The maximum Gasteiger partial charge on any atom is 0.320 e. The van der Waals surface area contributed by atoms with Crippen molar-refractivity contribution in [3.05, 3.63) is 68.2 Å². The minimum atomic E-state index is -0.657. The zero-order valence-electron chi connectivity index (χ0n) is 13.4. The second kappa shape index (κ2) is 7.14. The van der Waals surface area contributed by atoms with Crippen molar-refractivity contribution in [3.63, 3.8) is 0 Å². The Balaban J connectivity index is 1.74. The summed E-state index contributed by atoms with van der Waals surface area (Å²) in [6, 6.07) is 5.23. The standard InChI is InChI=1S/C15H12Cl2N6O3/c1-21-14(13(6-18-21)23(25)26)15(24)20-10-5-19-22(8-10)7-9-2-3-11(16)12(17)4-9/h2-6,8H,7H2,1H3,(H,20,24). The smallest absolute Gasteiger partial charge is 0.318 e. The molecule has 0 fully saturated rings. The van der Waals surface area contributed by atoms with E-state index in [4.69, 9.17) is 23.2 Å². The van der Waals surface area contributed by atoms with Crippen LogP contribution in [0, 0.1) is 10.1 Å². The number of aryl methyl sites for hydroxylation is 1. The molecule has 26 heavy (non-hydrogen) atoms. The molecule has 0 aliphatic heterocycles. The maximum atomic E-state index is 12.3.